The van der Waals surface area contributed by atoms with E-state index < -0.39 is 0 Å². The van der Waals surface area contributed by atoms with Crippen LogP contribution in [0.1, 0.15) is 30.7 Å². The smallest absolute Gasteiger partial charge is 0.146 e. The monoisotopic (exact) mass is 351 g/mol. The molecule has 0 saturated carbocycles. The van der Waals surface area contributed by atoms with Gasteiger partial charge in [-0.1, -0.05) is 29.8 Å². The lowest BCUT2D eigenvalue weighted by molar-refractivity contribution is 0.268. The third-order valence-electron chi connectivity index (χ3n) is 3.10. The number of rotatable bonds is 7. The predicted octanol–water partition coefficient (Wildman–Crippen LogP) is 4.68. The minimum atomic E-state index is 0.451. The van der Waals surface area contributed by atoms with Gasteiger partial charge in [0.05, 0.1) is 6.26 Å². The second-order valence-corrected chi connectivity index (χ2v) is 6.56. The molecular weight excluding hydrogens is 330 g/mol. The van der Waals surface area contributed by atoms with Crippen molar-refractivity contribution in [1.29, 1.82) is 0 Å². The van der Waals surface area contributed by atoms with Crippen molar-refractivity contribution in [2.45, 2.75) is 33.9 Å². The van der Waals surface area contributed by atoms with Crippen LogP contribution in [0.5, 0.6) is 5.75 Å². The SMILES string of the molecule is Cc1cc(Br)ccc1OCc1cc(CNCC(C)C)co1. The summed E-state index contributed by atoms with van der Waals surface area (Å²) in [5.41, 5.74) is 2.26. The maximum Gasteiger partial charge on any atom is 0.146 e. The lowest BCUT2D eigenvalue weighted by atomic mass is 10.2. The molecule has 0 fully saturated rings. The predicted molar refractivity (Wildman–Crippen MR) is 88.5 cm³/mol. The Hall–Kier alpha value is -1.26. The molecule has 0 aliphatic rings. The standard InChI is InChI=1S/C17H22BrNO2/c1-12(2)8-19-9-14-7-16(20-10-14)11-21-17-5-4-15(18)6-13(17)3/h4-7,10,12,19H,8-9,11H2,1-3H3. The van der Waals surface area contributed by atoms with Gasteiger partial charge in [-0.25, -0.2) is 0 Å². The number of benzene rings is 1. The summed E-state index contributed by atoms with van der Waals surface area (Å²) in [7, 11) is 0. The van der Waals surface area contributed by atoms with Crippen molar-refractivity contribution in [3.63, 3.8) is 0 Å². The van der Waals surface area contributed by atoms with E-state index in [9.17, 15) is 0 Å². The molecule has 1 heterocycles. The van der Waals surface area contributed by atoms with Crippen LogP contribution in [-0.4, -0.2) is 6.54 Å². The first-order valence-corrected chi connectivity index (χ1v) is 8.00. The summed E-state index contributed by atoms with van der Waals surface area (Å²) in [5, 5.41) is 3.40. The molecule has 2 rings (SSSR count). The van der Waals surface area contributed by atoms with Gasteiger partial charge < -0.3 is 14.5 Å². The molecule has 1 N–H and O–H groups in total. The Labute approximate surface area is 134 Å². The summed E-state index contributed by atoms with van der Waals surface area (Å²) in [6.45, 7) is 8.72. The molecule has 0 aliphatic heterocycles. The maximum atomic E-state index is 5.80. The molecule has 21 heavy (non-hydrogen) atoms. The zero-order valence-electron chi connectivity index (χ0n) is 12.8. The van der Waals surface area contributed by atoms with E-state index in [-0.39, 0.29) is 0 Å². The van der Waals surface area contributed by atoms with Gasteiger partial charge in [-0.3, -0.25) is 0 Å². The molecule has 1 aromatic heterocycles. The van der Waals surface area contributed by atoms with Crippen molar-refractivity contribution in [3.8, 4) is 5.75 Å². The number of hydrogen-bond donors (Lipinski definition) is 1. The molecule has 3 nitrogen and oxygen atoms in total. The van der Waals surface area contributed by atoms with Crippen LogP contribution in [0, 0.1) is 12.8 Å². The average Bonchev–Trinajstić information content (AvgIpc) is 2.85. The van der Waals surface area contributed by atoms with E-state index in [4.69, 9.17) is 9.15 Å². The van der Waals surface area contributed by atoms with Crippen molar-refractivity contribution in [2.24, 2.45) is 5.92 Å². The fraction of sp³-hybridized carbons (Fsp3) is 0.412. The lowest BCUT2D eigenvalue weighted by Crippen LogP contribution is -2.18. The Kier molecular flexibility index (Phi) is 5.88. The van der Waals surface area contributed by atoms with Crippen LogP contribution in [0.3, 0.4) is 0 Å². The van der Waals surface area contributed by atoms with Crippen LogP contribution >= 0.6 is 15.9 Å². The molecule has 2 aromatic rings. The molecular formula is C17H22BrNO2. The normalized spacial score (nSPS) is 11.1. The molecule has 4 heteroatoms. The number of ether oxygens (including phenoxy) is 1. The summed E-state index contributed by atoms with van der Waals surface area (Å²) in [4.78, 5) is 0. The summed E-state index contributed by atoms with van der Waals surface area (Å²) >= 11 is 3.45. The molecule has 0 amide bonds. The second kappa shape index (κ2) is 7.66. The summed E-state index contributed by atoms with van der Waals surface area (Å²) in [5.74, 6) is 2.38. The van der Waals surface area contributed by atoms with Crippen LogP contribution < -0.4 is 10.1 Å². The topological polar surface area (TPSA) is 34.4 Å². The Bertz CT molecular complexity index is 578. The molecule has 0 bridgehead atoms. The molecule has 114 valence electrons. The van der Waals surface area contributed by atoms with E-state index in [0.717, 1.165) is 40.2 Å². The van der Waals surface area contributed by atoms with Gasteiger partial charge in [0.2, 0.25) is 0 Å². The largest absolute Gasteiger partial charge is 0.485 e. The van der Waals surface area contributed by atoms with Crippen molar-refractivity contribution in [3.05, 3.63) is 51.9 Å². The number of hydrogen-bond acceptors (Lipinski definition) is 3. The van der Waals surface area contributed by atoms with Crippen molar-refractivity contribution in [1.82, 2.24) is 5.32 Å². The Morgan fingerprint density at radius 3 is 2.81 bits per heavy atom. The Morgan fingerprint density at radius 2 is 2.10 bits per heavy atom. The summed E-state index contributed by atoms with van der Waals surface area (Å²) in [6, 6.07) is 8.03. The van der Waals surface area contributed by atoms with E-state index in [0.29, 0.717) is 12.5 Å². The van der Waals surface area contributed by atoms with Gasteiger partial charge in [0, 0.05) is 16.6 Å². The minimum Gasteiger partial charge on any atom is -0.485 e. The lowest BCUT2D eigenvalue weighted by Gasteiger charge is -2.07. The van der Waals surface area contributed by atoms with Crippen LogP contribution in [0.4, 0.5) is 0 Å². The number of halogens is 1. The number of furan rings is 1. The minimum absolute atomic E-state index is 0.451. The van der Waals surface area contributed by atoms with Gasteiger partial charge in [-0.05, 0) is 49.2 Å². The first kappa shape index (κ1) is 16.1. The van der Waals surface area contributed by atoms with Crippen LogP contribution in [-0.2, 0) is 13.2 Å². The van der Waals surface area contributed by atoms with Crippen molar-refractivity contribution >= 4 is 15.9 Å². The first-order chi connectivity index (χ1) is 10.0. The van der Waals surface area contributed by atoms with E-state index in [1.54, 1.807) is 6.26 Å². The fourth-order valence-corrected chi connectivity index (χ4v) is 2.50. The third kappa shape index (κ3) is 5.21. The Morgan fingerprint density at radius 1 is 1.29 bits per heavy atom. The first-order valence-electron chi connectivity index (χ1n) is 7.20. The highest BCUT2D eigenvalue weighted by Gasteiger charge is 2.05. The second-order valence-electron chi connectivity index (χ2n) is 5.64. The molecule has 0 unspecified atom stereocenters. The fourth-order valence-electron chi connectivity index (χ4n) is 2.02. The molecule has 0 aliphatic carbocycles. The number of aryl methyl sites for hydroxylation is 1. The van der Waals surface area contributed by atoms with E-state index in [1.165, 1.54) is 0 Å². The molecule has 0 radical (unpaired) electrons. The summed E-state index contributed by atoms with van der Waals surface area (Å²) in [6.07, 6.45) is 1.79. The zero-order chi connectivity index (χ0) is 15.2. The van der Waals surface area contributed by atoms with E-state index in [2.05, 4.69) is 35.1 Å². The highest BCUT2D eigenvalue weighted by Crippen LogP contribution is 2.23. The van der Waals surface area contributed by atoms with Gasteiger partial charge >= 0.3 is 0 Å². The summed E-state index contributed by atoms with van der Waals surface area (Å²) < 4.78 is 12.4. The van der Waals surface area contributed by atoms with Gasteiger partial charge in [-0.2, -0.15) is 0 Å². The zero-order valence-corrected chi connectivity index (χ0v) is 14.4. The highest BCUT2D eigenvalue weighted by atomic mass is 79.9. The van der Waals surface area contributed by atoms with Crippen molar-refractivity contribution < 1.29 is 9.15 Å². The van der Waals surface area contributed by atoms with E-state index in [1.807, 2.05) is 31.2 Å². The molecule has 1 aromatic carbocycles. The quantitative estimate of drug-likeness (QED) is 0.786. The molecule has 0 atom stereocenters. The van der Waals surface area contributed by atoms with Crippen molar-refractivity contribution in [2.75, 3.05) is 6.54 Å². The van der Waals surface area contributed by atoms with E-state index >= 15 is 0 Å². The van der Waals surface area contributed by atoms with Gasteiger partial charge in [0.15, 0.2) is 0 Å². The molecule has 0 spiro atoms. The number of nitrogens with one attached hydrogen (secondary N) is 1. The van der Waals surface area contributed by atoms with Crippen LogP contribution in [0.2, 0.25) is 0 Å². The third-order valence-corrected chi connectivity index (χ3v) is 3.59. The average molecular weight is 352 g/mol. The highest BCUT2D eigenvalue weighted by molar-refractivity contribution is 9.10. The Balaban J connectivity index is 1.85. The van der Waals surface area contributed by atoms with Gasteiger partial charge in [-0.15, -0.1) is 0 Å². The van der Waals surface area contributed by atoms with Gasteiger partial charge in [0.25, 0.3) is 0 Å². The van der Waals surface area contributed by atoms with Gasteiger partial charge in [0.1, 0.15) is 18.1 Å². The molecule has 0 saturated heterocycles. The maximum absolute atomic E-state index is 5.80. The van der Waals surface area contributed by atoms with Crippen LogP contribution in [0.15, 0.2) is 39.4 Å². The van der Waals surface area contributed by atoms with Crippen LogP contribution in [0.25, 0.3) is 0 Å².